The lowest BCUT2D eigenvalue weighted by Gasteiger charge is -2.73. The third-order valence-electron chi connectivity index (χ3n) is 16.3. The molecule has 7 N–H and O–H groups in total. The van der Waals surface area contributed by atoms with Crippen LogP contribution in [0.5, 0.6) is 0 Å². The molecular weight excluding hydrogens is 592 g/mol. The zero-order valence-corrected chi connectivity index (χ0v) is 28.7. The fraction of sp³-hybridized carbons (Fsp3) is 0.972. The summed E-state index contributed by atoms with van der Waals surface area (Å²) in [6.07, 6.45) is 1.96. The van der Waals surface area contributed by atoms with Gasteiger partial charge >= 0.3 is 5.97 Å². The maximum absolute atomic E-state index is 12.1. The summed E-state index contributed by atoms with van der Waals surface area (Å²) in [4.78, 5) is 12.1. The summed E-state index contributed by atoms with van der Waals surface area (Å²) in [5, 5.41) is 73.4. The average molecular weight is 653 g/mol. The molecule has 0 amide bonds. The first-order valence-electron chi connectivity index (χ1n) is 17.9. The highest BCUT2D eigenvalue weighted by Crippen LogP contribution is 2.78. The molecule has 5 saturated carbocycles. The SMILES string of the molecule is CC(O)(C(=O)O)C1CCC2(C)C1CCC1(C)C2CCC2C3(C)CCC(O)C(C)(COC4OC(CO)C(O)C(O)C4O)C3CCC21C. The Morgan fingerprint density at radius 1 is 0.783 bits per heavy atom. The number of rotatable bonds is 6. The Balaban J connectivity index is 1.25. The number of aliphatic hydroxyl groups excluding tert-OH is 5. The maximum atomic E-state index is 12.1. The van der Waals surface area contributed by atoms with E-state index in [4.69, 9.17) is 9.47 Å². The molecule has 6 aliphatic rings. The molecule has 6 rings (SSSR count). The van der Waals surface area contributed by atoms with Crippen LogP contribution in [0, 0.1) is 56.7 Å². The molecular formula is C36H60O10. The second-order valence-corrected chi connectivity index (χ2v) is 17.9. The van der Waals surface area contributed by atoms with Crippen molar-refractivity contribution < 1.29 is 50.0 Å². The third kappa shape index (κ3) is 4.60. The van der Waals surface area contributed by atoms with Crippen LogP contribution < -0.4 is 0 Å². The van der Waals surface area contributed by atoms with E-state index in [0.29, 0.717) is 18.3 Å². The number of hydrogen-bond acceptors (Lipinski definition) is 9. The van der Waals surface area contributed by atoms with Crippen molar-refractivity contribution in [1.29, 1.82) is 0 Å². The maximum Gasteiger partial charge on any atom is 0.335 e. The Morgan fingerprint density at radius 3 is 1.98 bits per heavy atom. The fourth-order valence-corrected chi connectivity index (χ4v) is 13.5. The number of aliphatic carboxylic acids is 1. The van der Waals surface area contributed by atoms with Gasteiger partial charge in [0.05, 0.1) is 19.3 Å². The first-order chi connectivity index (χ1) is 21.3. The van der Waals surface area contributed by atoms with E-state index in [1.54, 1.807) is 0 Å². The molecule has 10 heteroatoms. The molecule has 1 heterocycles. The number of hydrogen-bond donors (Lipinski definition) is 7. The molecule has 10 nitrogen and oxygen atoms in total. The van der Waals surface area contributed by atoms with E-state index in [2.05, 4.69) is 34.6 Å². The second kappa shape index (κ2) is 11.3. The Hall–Kier alpha value is -0.850. The first-order valence-corrected chi connectivity index (χ1v) is 17.9. The van der Waals surface area contributed by atoms with Gasteiger partial charge in [0, 0.05) is 11.3 Å². The number of carboxylic acid groups (broad SMARTS) is 1. The van der Waals surface area contributed by atoms with Gasteiger partial charge in [0.1, 0.15) is 24.4 Å². The molecule has 0 spiro atoms. The van der Waals surface area contributed by atoms with Crippen LogP contribution in [-0.2, 0) is 14.3 Å². The molecule has 1 saturated heterocycles. The van der Waals surface area contributed by atoms with Gasteiger partial charge in [0.2, 0.25) is 0 Å². The van der Waals surface area contributed by atoms with Gasteiger partial charge in [-0.25, -0.2) is 4.79 Å². The van der Waals surface area contributed by atoms with Crippen LogP contribution in [-0.4, -0.2) is 97.3 Å². The molecule has 0 aromatic heterocycles. The van der Waals surface area contributed by atoms with Crippen molar-refractivity contribution in [3.05, 3.63) is 0 Å². The minimum absolute atomic E-state index is 0.0145. The number of carboxylic acids is 1. The van der Waals surface area contributed by atoms with Crippen LogP contribution in [0.1, 0.15) is 106 Å². The van der Waals surface area contributed by atoms with Gasteiger partial charge in [-0.05, 0) is 116 Å². The Labute approximate surface area is 273 Å². The Bertz CT molecular complexity index is 1180. The van der Waals surface area contributed by atoms with Gasteiger partial charge in [-0.3, -0.25) is 0 Å². The van der Waals surface area contributed by atoms with Crippen LogP contribution in [0.15, 0.2) is 0 Å². The van der Waals surface area contributed by atoms with E-state index in [1.807, 2.05) is 0 Å². The largest absolute Gasteiger partial charge is 0.479 e. The summed E-state index contributed by atoms with van der Waals surface area (Å²) >= 11 is 0. The van der Waals surface area contributed by atoms with Gasteiger partial charge in [-0.15, -0.1) is 0 Å². The highest BCUT2D eigenvalue weighted by atomic mass is 16.7. The van der Waals surface area contributed by atoms with Crippen LogP contribution >= 0.6 is 0 Å². The summed E-state index contributed by atoms with van der Waals surface area (Å²) in [5.41, 5.74) is -2.29. The average Bonchev–Trinajstić information content (AvgIpc) is 3.36. The van der Waals surface area contributed by atoms with Crippen LogP contribution in [0.3, 0.4) is 0 Å². The van der Waals surface area contributed by atoms with Gasteiger partial charge < -0.3 is 45.2 Å². The standard InChI is InChI=1S/C36H60O10/c1-31-13-9-20(36(6,44)30(42)43)19(31)10-15-34(4)23(31)7-8-24-32(2)14-12-25(38)33(3,22(32)11-16-35(24,34)5)18-45-29-28(41)27(40)26(39)21(17-37)46-29/h19-29,37-41,44H,7-18H2,1-6H3,(H,42,43). The quantitative estimate of drug-likeness (QED) is 0.226. The monoisotopic (exact) mass is 652 g/mol. The minimum Gasteiger partial charge on any atom is -0.479 e. The highest BCUT2D eigenvalue weighted by molar-refractivity contribution is 5.77. The molecule has 0 aromatic carbocycles. The fourth-order valence-electron chi connectivity index (χ4n) is 13.5. The van der Waals surface area contributed by atoms with Crippen LogP contribution in [0.2, 0.25) is 0 Å². The smallest absolute Gasteiger partial charge is 0.335 e. The van der Waals surface area contributed by atoms with Gasteiger partial charge in [0.15, 0.2) is 11.9 Å². The topological polar surface area (TPSA) is 177 Å². The van der Waals surface area contributed by atoms with E-state index in [0.717, 1.165) is 57.8 Å². The van der Waals surface area contributed by atoms with Crippen molar-refractivity contribution in [2.45, 2.75) is 148 Å². The normalized spacial score (nSPS) is 56.6. The highest BCUT2D eigenvalue weighted by Gasteiger charge is 2.72. The van der Waals surface area contributed by atoms with E-state index < -0.39 is 60.4 Å². The lowest BCUT2D eigenvalue weighted by molar-refractivity contribution is -0.317. The van der Waals surface area contributed by atoms with Crippen molar-refractivity contribution >= 4 is 5.97 Å². The lowest BCUT2D eigenvalue weighted by Crippen LogP contribution is -2.68. The van der Waals surface area contributed by atoms with Crippen molar-refractivity contribution in [2.75, 3.05) is 13.2 Å². The van der Waals surface area contributed by atoms with Crippen molar-refractivity contribution in [3.63, 3.8) is 0 Å². The molecule has 0 aromatic rings. The van der Waals surface area contributed by atoms with Gasteiger partial charge in [-0.1, -0.05) is 34.6 Å². The zero-order valence-electron chi connectivity index (χ0n) is 28.7. The van der Waals surface area contributed by atoms with E-state index >= 15 is 0 Å². The summed E-state index contributed by atoms with van der Waals surface area (Å²) < 4.78 is 11.8. The summed E-state index contributed by atoms with van der Waals surface area (Å²) in [7, 11) is 0. The number of aliphatic hydroxyl groups is 6. The van der Waals surface area contributed by atoms with Crippen molar-refractivity contribution in [2.24, 2.45) is 56.7 Å². The van der Waals surface area contributed by atoms with E-state index in [1.165, 1.54) is 6.92 Å². The second-order valence-electron chi connectivity index (χ2n) is 17.9. The molecule has 0 radical (unpaired) electrons. The summed E-state index contributed by atoms with van der Waals surface area (Å²) in [5.74, 6) is -0.127. The third-order valence-corrected chi connectivity index (χ3v) is 16.3. The molecule has 5 aliphatic carbocycles. The molecule has 0 bridgehead atoms. The zero-order chi connectivity index (χ0) is 33.8. The molecule has 17 unspecified atom stereocenters. The first kappa shape index (κ1) is 35.0. The van der Waals surface area contributed by atoms with Crippen LogP contribution in [0.4, 0.5) is 0 Å². The predicted octanol–water partition coefficient (Wildman–Crippen LogP) is 3.08. The summed E-state index contributed by atoms with van der Waals surface area (Å²) in [6, 6.07) is 0. The van der Waals surface area contributed by atoms with Crippen LogP contribution in [0.25, 0.3) is 0 Å². The van der Waals surface area contributed by atoms with E-state index in [-0.39, 0.29) is 46.0 Å². The predicted molar refractivity (Wildman–Crippen MR) is 168 cm³/mol. The number of carbonyl (C=O) groups is 1. The van der Waals surface area contributed by atoms with Gasteiger partial charge in [0.25, 0.3) is 0 Å². The van der Waals surface area contributed by atoms with E-state index in [9.17, 15) is 40.5 Å². The van der Waals surface area contributed by atoms with Crippen molar-refractivity contribution in [3.8, 4) is 0 Å². The number of ether oxygens (including phenoxy) is 2. The Kier molecular flexibility index (Phi) is 8.62. The molecule has 17 atom stereocenters. The Morgan fingerprint density at radius 2 is 1.37 bits per heavy atom. The lowest BCUT2D eigenvalue weighted by atomic mass is 9.31. The van der Waals surface area contributed by atoms with Gasteiger partial charge in [-0.2, -0.15) is 0 Å². The molecule has 264 valence electrons. The molecule has 1 aliphatic heterocycles. The summed E-state index contributed by atoms with van der Waals surface area (Å²) in [6.45, 7) is 13.0. The molecule has 46 heavy (non-hydrogen) atoms. The number of fused-ring (bicyclic) bond motifs is 7. The molecule has 6 fully saturated rings. The minimum atomic E-state index is -1.71. The van der Waals surface area contributed by atoms with Crippen molar-refractivity contribution in [1.82, 2.24) is 0 Å².